The molecule has 0 aromatic carbocycles. The molecule has 3 N–H and O–H groups in total. The van der Waals surface area contributed by atoms with Gasteiger partial charge in [0.25, 0.3) is 0 Å². The second-order valence-electron chi connectivity index (χ2n) is 5.37. The van der Waals surface area contributed by atoms with E-state index in [1.807, 2.05) is 6.92 Å². The van der Waals surface area contributed by atoms with E-state index in [4.69, 9.17) is 5.73 Å². The van der Waals surface area contributed by atoms with Gasteiger partial charge in [0.2, 0.25) is 5.91 Å². The van der Waals surface area contributed by atoms with E-state index in [9.17, 15) is 4.79 Å². The first-order valence-corrected chi connectivity index (χ1v) is 8.01. The van der Waals surface area contributed by atoms with Gasteiger partial charge in [0, 0.05) is 17.3 Å². The first-order valence-electron chi connectivity index (χ1n) is 7.19. The molecule has 1 amide bonds. The Labute approximate surface area is 131 Å². The predicted octanol–water partition coefficient (Wildman–Crippen LogP) is 3.29. The summed E-state index contributed by atoms with van der Waals surface area (Å²) in [5.41, 5.74) is 6.86. The zero-order chi connectivity index (χ0) is 13.7. The fraction of sp³-hybridized carbons (Fsp3) is 0.714. The van der Waals surface area contributed by atoms with Gasteiger partial charge in [-0.3, -0.25) is 4.79 Å². The molecule has 20 heavy (non-hydrogen) atoms. The fourth-order valence-corrected chi connectivity index (χ4v) is 3.37. The number of rotatable bonds is 4. The molecular weight excluding hydrogens is 294 g/mol. The van der Waals surface area contributed by atoms with Crippen molar-refractivity contribution in [2.24, 2.45) is 5.73 Å². The quantitative estimate of drug-likeness (QED) is 0.895. The van der Waals surface area contributed by atoms with Crippen LogP contribution in [0.1, 0.15) is 56.0 Å². The largest absolute Gasteiger partial charge is 0.328 e. The molecule has 0 radical (unpaired) electrons. The maximum absolute atomic E-state index is 11.8. The smallest absolute Gasteiger partial charge is 0.226 e. The standard InChI is InChI=1S/C14H23N3OS.ClH/c1-10(15)8-9-13(18)17-14-16-11-6-4-2-3-5-7-12(11)19-14;/h10H,2-9,15H2,1H3,(H,16,17,18);1H. The van der Waals surface area contributed by atoms with Crippen LogP contribution >= 0.6 is 23.7 Å². The lowest BCUT2D eigenvalue weighted by molar-refractivity contribution is -0.116. The fourth-order valence-electron chi connectivity index (χ4n) is 2.30. The molecule has 0 bridgehead atoms. The van der Waals surface area contributed by atoms with Gasteiger partial charge in [-0.2, -0.15) is 0 Å². The number of thiazole rings is 1. The third-order valence-electron chi connectivity index (χ3n) is 3.42. The summed E-state index contributed by atoms with van der Waals surface area (Å²) >= 11 is 1.65. The molecule has 1 aliphatic rings. The molecule has 1 atom stereocenters. The number of carbonyl (C=O) groups excluding carboxylic acids is 1. The van der Waals surface area contributed by atoms with Crippen LogP contribution in [0.2, 0.25) is 0 Å². The van der Waals surface area contributed by atoms with Crippen LogP contribution in [0, 0.1) is 0 Å². The third-order valence-corrected chi connectivity index (χ3v) is 4.49. The van der Waals surface area contributed by atoms with E-state index < -0.39 is 0 Å². The Kier molecular flexibility index (Phi) is 7.48. The van der Waals surface area contributed by atoms with Crippen molar-refractivity contribution in [1.29, 1.82) is 0 Å². The number of halogens is 1. The number of fused-ring (bicyclic) bond motifs is 1. The number of nitrogens with zero attached hydrogens (tertiary/aromatic N) is 1. The highest BCUT2D eigenvalue weighted by Gasteiger charge is 2.14. The summed E-state index contributed by atoms with van der Waals surface area (Å²) in [5, 5.41) is 3.67. The molecule has 1 aromatic rings. The maximum Gasteiger partial charge on any atom is 0.226 e. The van der Waals surface area contributed by atoms with E-state index in [1.165, 1.54) is 36.3 Å². The van der Waals surface area contributed by atoms with E-state index >= 15 is 0 Å². The van der Waals surface area contributed by atoms with Crippen LogP contribution in [-0.4, -0.2) is 16.9 Å². The van der Waals surface area contributed by atoms with Gasteiger partial charge in [-0.1, -0.05) is 12.8 Å². The van der Waals surface area contributed by atoms with Crippen LogP contribution in [0.5, 0.6) is 0 Å². The molecule has 1 aliphatic carbocycles. The molecule has 0 fully saturated rings. The number of nitrogens with one attached hydrogen (secondary N) is 1. The van der Waals surface area contributed by atoms with Gasteiger partial charge in [0.1, 0.15) is 0 Å². The molecule has 1 aromatic heterocycles. The highest BCUT2D eigenvalue weighted by Crippen LogP contribution is 2.28. The summed E-state index contributed by atoms with van der Waals surface area (Å²) in [4.78, 5) is 17.7. The molecule has 4 nitrogen and oxygen atoms in total. The van der Waals surface area contributed by atoms with Crippen molar-refractivity contribution in [3.63, 3.8) is 0 Å². The molecule has 1 heterocycles. The molecule has 114 valence electrons. The van der Waals surface area contributed by atoms with Crippen LogP contribution < -0.4 is 11.1 Å². The average molecular weight is 318 g/mol. The zero-order valence-corrected chi connectivity index (χ0v) is 13.6. The SMILES string of the molecule is CC(N)CCC(=O)Nc1nc2c(s1)CCCCCC2.Cl. The van der Waals surface area contributed by atoms with Gasteiger partial charge in [-0.25, -0.2) is 4.98 Å². The Hall–Kier alpha value is -0.650. The van der Waals surface area contributed by atoms with Crippen LogP contribution in [0.25, 0.3) is 0 Å². The van der Waals surface area contributed by atoms with Crippen LogP contribution in [0.15, 0.2) is 0 Å². The summed E-state index contributed by atoms with van der Waals surface area (Å²) in [6.45, 7) is 1.92. The second kappa shape index (κ2) is 8.60. The van der Waals surface area contributed by atoms with Gasteiger partial charge in [0.05, 0.1) is 5.69 Å². The summed E-state index contributed by atoms with van der Waals surface area (Å²) in [6.07, 6.45) is 8.44. The zero-order valence-electron chi connectivity index (χ0n) is 12.0. The second-order valence-corrected chi connectivity index (χ2v) is 6.45. The van der Waals surface area contributed by atoms with Crippen molar-refractivity contribution in [2.45, 2.75) is 64.3 Å². The van der Waals surface area contributed by atoms with E-state index in [-0.39, 0.29) is 24.4 Å². The molecule has 0 spiro atoms. The number of aryl methyl sites for hydroxylation is 2. The number of hydrogen-bond acceptors (Lipinski definition) is 4. The topological polar surface area (TPSA) is 68.0 Å². The molecule has 2 rings (SSSR count). The van der Waals surface area contributed by atoms with Gasteiger partial charge in [0.15, 0.2) is 5.13 Å². The Morgan fingerprint density at radius 3 is 2.75 bits per heavy atom. The number of hydrogen-bond donors (Lipinski definition) is 2. The van der Waals surface area contributed by atoms with Crippen molar-refractivity contribution in [3.05, 3.63) is 10.6 Å². The molecule has 6 heteroatoms. The average Bonchev–Trinajstić information content (AvgIpc) is 2.68. The lowest BCUT2D eigenvalue weighted by atomic mass is 10.0. The first kappa shape index (κ1) is 17.4. The molecule has 1 unspecified atom stereocenters. The number of amides is 1. The predicted molar refractivity (Wildman–Crippen MR) is 86.8 cm³/mol. The van der Waals surface area contributed by atoms with Gasteiger partial charge < -0.3 is 11.1 Å². The van der Waals surface area contributed by atoms with E-state index in [1.54, 1.807) is 11.3 Å². The van der Waals surface area contributed by atoms with Gasteiger partial charge in [-0.05, 0) is 39.0 Å². The van der Waals surface area contributed by atoms with Crippen LogP contribution in [0.4, 0.5) is 5.13 Å². The molecule has 0 saturated heterocycles. The van der Waals surface area contributed by atoms with Crippen LogP contribution in [-0.2, 0) is 17.6 Å². The third kappa shape index (κ3) is 5.38. The number of nitrogens with two attached hydrogens (primary N) is 1. The Morgan fingerprint density at radius 2 is 2.05 bits per heavy atom. The van der Waals surface area contributed by atoms with Crippen molar-refractivity contribution in [2.75, 3.05) is 5.32 Å². The summed E-state index contributed by atoms with van der Waals surface area (Å²) in [6, 6.07) is 0.0716. The molecule has 0 aliphatic heterocycles. The summed E-state index contributed by atoms with van der Waals surface area (Å²) in [5.74, 6) is 0.0269. The van der Waals surface area contributed by atoms with Crippen molar-refractivity contribution >= 4 is 34.8 Å². The number of carbonyl (C=O) groups is 1. The first-order chi connectivity index (χ1) is 9.15. The Bertz CT molecular complexity index is 409. The lowest BCUT2D eigenvalue weighted by Crippen LogP contribution is -2.19. The minimum Gasteiger partial charge on any atom is -0.328 e. The molecule has 0 saturated carbocycles. The monoisotopic (exact) mass is 317 g/mol. The van der Waals surface area contributed by atoms with Crippen molar-refractivity contribution in [3.8, 4) is 0 Å². The van der Waals surface area contributed by atoms with E-state index in [0.29, 0.717) is 6.42 Å². The number of anilines is 1. The minimum absolute atomic E-state index is 0. The van der Waals surface area contributed by atoms with Crippen molar-refractivity contribution < 1.29 is 4.79 Å². The van der Waals surface area contributed by atoms with Gasteiger partial charge >= 0.3 is 0 Å². The highest BCUT2D eigenvalue weighted by molar-refractivity contribution is 7.15. The van der Waals surface area contributed by atoms with Gasteiger partial charge in [-0.15, -0.1) is 23.7 Å². The highest BCUT2D eigenvalue weighted by atomic mass is 35.5. The normalized spacial score (nSPS) is 16.3. The lowest BCUT2D eigenvalue weighted by Gasteiger charge is -2.06. The summed E-state index contributed by atoms with van der Waals surface area (Å²) in [7, 11) is 0. The Balaban J connectivity index is 0.00000200. The van der Waals surface area contributed by atoms with E-state index in [2.05, 4.69) is 10.3 Å². The van der Waals surface area contributed by atoms with Crippen LogP contribution in [0.3, 0.4) is 0 Å². The maximum atomic E-state index is 11.8. The van der Waals surface area contributed by atoms with E-state index in [0.717, 1.165) is 24.4 Å². The summed E-state index contributed by atoms with van der Waals surface area (Å²) < 4.78 is 0. The molecular formula is C14H24ClN3OS. The minimum atomic E-state index is 0. The van der Waals surface area contributed by atoms with Crippen molar-refractivity contribution in [1.82, 2.24) is 4.98 Å². The number of aromatic nitrogens is 1. The Morgan fingerprint density at radius 1 is 1.35 bits per heavy atom.